The number of benzene rings is 1. The Balaban J connectivity index is 1.98. The molecule has 192 valence electrons. The van der Waals surface area contributed by atoms with Gasteiger partial charge >= 0.3 is 6.18 Å². The molecule has 1 saturated heterocycles. The Morgan fingerprint density at radius 1 is 1.26 bits per heavy atom. The Morgan fingerprint density at radius 2 is 1.94 bits per heavy atom. The third kappa shape index (κ3) is 4.95. The van der Waals surface area contributed by atoms with E-state index in [4.69, 9.17) is 14.2 Å². The van der Waals surface area contributed by atoms with Crippen LogP contribution in [0.4, 0.5) is 27.6 Å². The average Bonchev–Trinajstić information content (AvgIpc) is 3.08. The van der Waals surface area contributed by atoms with Gasteiger partial charge in [-0.25, -0.2) is 4.39 Å². The van der Waals surface area contributed by atoms with Crippen LogP contribution in [0.5, 0.6) is 5.75 Å². The predicted molar refractivity (Wildman–Crippen MR) is 114 cm³/mol. The van der Waals surface area contributed by atoms with Crippen LogP contribution < -0.4 is 10.1 Å². The molecule has 0 aliphatic carbocycles. The summed E-state index contributed by atoms with van der Waals surface area (Å²) in [7, 11) is 2.44. The number of alkyl halides is 3. The molecule has 35 heavy (non-hydrogen) atoms. The Labute approximate surface area is 198 Å². The average molecular weight is 504 g/mol. The van der Waals surface area contributed by atoms with Crippen molar-refractivity contribution in [2.45, 2.75) is 43.8 Å². The molecule has 0 spiro atoms. The number of hydrogen-bond acceptors (Lipinski definition) is 6. The van der Waals surface area contributed by atoms with Crippen LogP contribution in [0.3, 0.4) is 0 Å². The number of carbonyl (C=O) groups excluding carboxylic acids is 1. The van der Waals surface area contributed by atoms with Crippen LogP contribution in [-0.4, -0.2) is 54.7 Å². The van der Waals surface area contributed by atoms with Crippen molar-refractivity contribution in [1.29, 1.82) is 0 Å². The number of carbonyl (C=O) groups is 1. The number of amides is 1. The minimum atomic E-state index is -4.87. The summed E-state index contributed by atoms with van der Waals surface area (Å²) in [6.45, 7) is 2.01. The topological polar surface area (TPSA) is 89.9 Å². The van der Waals surface area contributed by atoms with E-state index in [1.165, 1.54) is 32.4 Å². The van der Waals surface area contributed by atoms with Crippen LogP contribution in [0.2, 0.25) is 0 Å². The van der Waals surface area contributed by atoms with Crippen LogP contribution in [0.25, 0.3) is 0 Å². The fourth-order valence-corrected chi connectivity index (χ4v) is 4.17. The zero-order valence-electron chi connectivity index (χ0n) is 19.3. The van der Waals surface area contributed by atoms with E-state index in [2.05, 4.69) is 10.3 Å². The second kappa shape index (κ2) is 10.0. The highest BCUT2D eigenvalue weighted by Crippen LogP contribution is 2.55. The van der Waals surface area contributed by atoms with Crippen molar-refractivity contribution in [2.24, 2.45) is 5.92 Å². The van der Waals surface area contributed by atoms with Crippen molar-refractivity contribution < 1.29 is 46.1 Å². The normalized spacial score (nSPS) is 25.4. The van der Waals surface area contributed by atoms with Gasteiger partial charge in [-0.05, 0) is 25.1 Å². The molecular formula is C23H25F5N2O5. The molecule has 1 aliphatic heterocycles. The standard InChI is InChI=1S/C23H25F5N2O5/c1-11-17(13-6-7-14(24)18(25)19(13)34-4)20(35-22(11,2)23(26,27)28)21(32)30-12-5-8-15(29-9-12)16(31)10-33-3/h5-9,11,16-17,20,31H,10H2,1-4H3,(H,30,32)/t11-,16-,17-,20?,22+/m0/s1. The minimum Gasteiger partial charge on any atom is -0.493 e. The van der Waals surface area contributed by atoms with Gasteiger partial charge in [-0.15, -0.1) is 0 Å². The number of hydrogen-bond donors (Lipinski definition) is 2. The molecule has 0 radical (unpaired) electrons. The molecule has 3 rings (SSSR count). The van der Waals surface area contributed by atoms with E-state index in [1.54, 1.807) is 0 Å². The SMILES string of the molecule is COC[C@H](O)c1ccc(NC(=O)C2O[C@@](C)(C(F)(F)F)[C@@H](C)[C@H]2c2ccc(F)c(F)c2OC)cn1. The maximum absolute atomic E-state index is 14.4. The maximum Gasteiger partial charge on any atom is 0.417 e. The molecule has 2 N–H and O–H groups in total. The Bertz CT molecular complexity index is 1070. The van der Waals surface area contributed by atoms with Crippen LogP contribution >= 0.6 is 0 Å². The monoisotopic (exact) mass is 504 g/mol. The molecule has 7 nitrogen and oxygen atoms in total. The van der Waals surface area contributed by atoms with Gasteiger partial charge in [0.25, 0.3) is 5.91 Å². The number of aliphatic hydroxyl groups excluding tert-OH is 1. The molecule has 1 amide bonds. The van der Waals surface area contributed by atoms with E-state index >= 15 is 0 Å². The number of ether oxygens (including phenoxy) is 3. The number of rotatable bonds is 7. The van der Waals surface area contributed by atoms with Crippen molar-refractivity contribution in [3.8, 4) is 5.75 Å². The van der Waals surface area contributed by atoms with Crippen LogP contribution in [0, 0.1) is 17.6 Å². The zero-order valence-corrected chi connectivity index (χ0v) is 19.3. The second-order valence-corrected chi connectivity index (χ2v) is 8.37. The van der Waals surface area contributed by atoms with E-state index in [9.17, 15) is 31.9 Å². The lowest BCUT2D eigenvalue weighted by Crippen LogP contribution is -2.47. The molecule has 1 fully saturated rings. The van der Waals surface area contributed by atoms with Gasteiger partial charge < -0.3 is 24.6 Å². The highest BCUT2D eigenvalue weighted by molar-refractivity contribution is 5.95. The number of halogens is 5. The van der Waals surface area contributed by atoms with Gasteiger partial charge in [0.2, 0.25) is 5.82 Å². The first-order chi connectivity index (χ1) is 16.4. The number of anilines is 1. The van der Waals surface area contributed by atoms with Gasteiger partial charge in [0.1, 0.15) is 12.2 Å². The number of pyridine rings is 1. The molecule has 1 unspecified atom stereocenters. The number of aromatic nitrogens is 1. The number of aliphatic hydroxyl groups is 1. The van der Waals surface area contributed by atoms with Crippen molar-refractivity contribution in [1.82, 2.24) is 4.98 Å². The summed E-state index contributed by atoms with van der Waals surface area (Å²) >= 11 is 0. The first kappa shape index (κ1) is 26.8. The zero-order chi connectivity index (χ0) is 26.1. The number of nitrogens with zero attached hydrogens (tertiary/aromatic N) is 1. The summed E-state index contributed by atoms with van der Waals surface area (Å²) in [5.41, 5.74) is -2.52. The van der Waals surface area contributed by atoms with Gasteiger partial charge in [-0.1, -0.05) is 13.0 Å². The molecule has 2 heterocycles. The Hall–Kier alpha value is -2.83. The fourth-order valence-electron chi connectivity index (χ4n) is 4.17. The van der Waals surface area contributed by atoms with E-state index < -0.39 is 59.1 Å². The van der Waals surface area contributed by atoms with Gasteiger partial charge in [-0.3, -0.25) is 9.78 Å². The maximum atomic E-state index is 14.4. The fraction of sp³-hybridized carbons (Fsp3) is 0.478. The first-order valence-corrected chi connectivity index (χ1v) is 10.6. The summed E-state index contributed by atoms with van der Waals surface area (Å²) in [6.07, 6.45) is -6.40. The Kier molecular flexibility index (Phi) is 7.68. The number of nitrogens with one attached hydrogen (secondary N) is 1. The van der Waals surface area contributed by atoms with E-state index in [0.717, 1.165) is 26.2 Å². The molecule has 12 heteroatoms. The predicted octanol–water partition coefficient (Wildman–Crippen LogP) is 4.13. The quantitative estimate of drug-likeness (QED) is 0.552. The Morgan fingerprint density at radius 3 is 2.49 bits per heavy atom. The molecular weight excluding hydrogens is 479 g/mol. The number of methoxy groups -OCH3 is 2. The van der Waals surface area contributed by atoms with Gasteiger partial charge in [0, 0.05) is 24.5 Å². The van der Waals surface area contributed by atoms with E-state index in [0.29, 0.717) is 0 Å². The third-order valence-corrected chi connectivity index (χ3v) is 6.29. The van der Waals surface area contributed by atoms with Crippen LogP contribution in [0.15, 0.2) is 30.5 Å². The molecule has 0 bridgehead atoms. The molecule has 1 aromatic heterocycles. The van der Waals surface area contributed by atoms with Crippen LogP contribution in [0.1, 0.15) is 37.1 Å². The summed E-state index contributed by atoms with van der Waals surface area (Å²) in [4.78, 5) is 17.1. The minimum absolute atomic E-state index is 0.0136. The summed E-state index contributed by atoms with van der Waals surface area (Å²) in [5, 5.41) is 12.4. The summed E-state index contributed by atoms with van der Waals surface area (Å²) in [5.74, 6) is -6.89. The smallest absolute Gasteiger partial charge is 0.417 e. The van der Waals surface area contributed by atoms with Gasteiger partial charge in [0.15, 0.2) is 17.2 Å². The second-order valence-electron chi connectivity index (χ2n) is 8.37. The van der Waals surface area contributed by atoms with Gasteiger partial charge in [-0.2, -0.15) is 17.6 Å². The van der Waals surface area contributed by atoms with Crippen molar-refractivity contribution in [2.75, 3.05) is 26.1 Å². The third-order valence-electron chi connectivity index (χ3n) is 6.29. The van der Waals surface area contributed by atoms with Crippen LogP contribution in [-0.2, 0) is 14.3 Å². The summed E-state index contributed by atoms with van der Waals surface area (Å²) in [6, 6.07) is 4.64. The molecule has 5 atom stereocenters. The van der Waals surface area contributed by atoms with Crippen molar-refractivity contribution >= 4 is 11.6 Å². The molecule has 2 aromatic rings. The molecule has 0 saturated carbocycles. The lowest BCUT2D eigenvalue weighted by Gasteiger charge is -2.32. The molecule has 1 aromatic carbocycles. The van der Waals surface area contributed by atoms with Gasteiger partial charge in [0.05, 0.1) is 31.3 Å². The lowest BCUT2D eigenvalue weighted by molar-refractivity contribution is -0.272. The largest absolute Gasteiger partial charge is 0.493 e. The van der Waals surface area contributed by atoms with E-state index in [-0.39, 0.29) is 23.6 Å². The highest BCUT2D eigenvalue weighted by Gasteiger charge is 2.65. The van der Waals surface area contributed by atoms with E-state index in [1.807, 2.05) is 0 Å². The molecule has 1 aliphatic rings. The lowest BCUT2D eigenvalue weighted by atomic mass is 9.77. The first-order valence-electron chi connectivity index (χ1n) is 10.6. The summed E-state index contributed by atoms with van der Waals surface area (Å²) < 4.78 is 85.2. The highest BCUT2D eigenvalue weighted by atomic mass is 19.4. The van der Waals surface area contributed by atoms with Crippen molar-refractivity contribution in [3.05, 3.63) is 53.4 Å². The van der Waals surface area contributed by atoms with Crippen molar-refractivity contribution in [3.63, 3.8) is 0 Å².